The van der Waals surface area contributed by atoms with E-state index in [4.69, 9.17) is 16.3 Å². The number of esters is 1. The second kappa shape index (κ2) is 9.85. The molecular formula is C27H28ClN3O5. The Morgan fingerprint density at radius 2 is 1.81 bits per heavy atom. The van der Waals surface area contributed by atoms with Gasteiger partial charge in [0.15, 0.2) is 0 Å². The Labute approximate surface area is 213 Å². The zero-order valence-electron chi connectivity index (χ0n) is 19.9. The molecule has 2 aliphatic rings. The molecule has 0 spiro atoms. The number of phenolic OH excluding ortho intramolecular Hbond substituents is 1. The van der Waals surface area contributed by atoms with Gasteiger partial charge in [-0.25, -0.2) is 0 Å². The van der Waals surface area contributed by atoms with Gasteiger partial charge >= 0.3 is 5.97 Å². The summed E-state index contributed by atoms with van der Waals surface area (Å²) < 4.78 is 5.36. The van der Waals surface area contributed by atoms with Gasteiger partial charge in [0.05, 0.1) is 18.9 Å². The summed E-state index contributed by atoms with van der Waals surface area (Å²) in [5.41, 5.74) is 2.22. The molecule has 0 radical (unpaired) electrons. The van der Waals surface area contributed by atoms with Crippen LogP contribution in [0.1, 0.15) is 22.8 Å². The lowest BCUT2D eigenvalue weighted by Gasteiger charge is -2.39. The van der Waals surface area contributed by atoms with Crippen LogP contribution in [0.5, 0.6) is 5.75 Å². The van der Waals surface area contributed by atoms with Crippen molar-refractivity contribution in [2.24, 2.45) is 17.8 Å². The van der Waals surface area contributed by atoms with Crippen LogP contribution in [0.4, 0.5) is 0 Å². The number of carbonyl (C=O) groups is 3. The van der Waals surface area contributed by atoms with Crippen LogP contribution in [-0.4, -0.2) is 70.5 Å². The van der Waals surface area contributed by atoms with Crippen LogP contribution in [0.15, 0.2) is 48.7 Å². The highest BCUT2D eigenvalue weighted by atomic mass is 35.5. The van der Waals surface area contributed by atoms with Gasteiger partial charge in [-0.15, -0.1) is 0 Å². The molecule has 36 heavy (non-hydrogen) atoms. The maximum Gasteiger partial charge on any atom is 0.311 e. The Balaban J connectivity index is 1.34. The van der Waals surface area contributed by atoms with Crippen molar-refractivity contribution >= 4 is 40.3 Å². The third-order valence-electron chi connectivity index (χ3n) is 7.30. The van der Waals surface area contributed by atoms with E-state index < -0.39 is 5.92 Å². The summed E-state index contributed by atoms with van der Waals surface area (Å²) in [4.78, 5) is 46.1. The average molecular weight is 510 g/mol. The Bertz CT molecular complexity index is 1300. The van der Waals surface area contributed by atoms with E-state index in [-0.39, 0.29) is 54.9 Å². The van der Waals surface area contributed by atoms with Crippen LogP contribution in [0.25, 0.3) is 10.9 Å². The molecule has 188 valence electrons. The van der Waals surface area contributed by atoms with Gasteiger partial charge in [-0.1, -0.05) is 17.7 Å². The molecule has 2 saturated heterocycles. The first-order chi connectivity index (χ1) is 17.3. The topological polar surface area (TPSA) is 103 Å². The molecule has 3 heterocycles. The van der Waals surface area contributed by atoms with E-state index in [1.807, 2.05) is 18.3 Å². The first kappa shape index (κ1) is 24.2. The second-order valence-corrected chi connectivity index (χ2v) is 9.96. The summed E-state index contributed by atoms with van der Waals surface area (Å²) in [6.07, 6.45) is 2.02. The predicted octanol–water partition coefficient (Wildman–Crippen LogP) is 3.48. The molecule has 3 aromatic rings. The molecule has 2 fully saturated rings. The lowest BCUT2D eigenvalue weighted by molar-refractivity contribution is -0.154. The van der Waals surface area contributed by atoms with Crippen molar-refractivity contribution in [1.29, 1.82) is 0 Å². The molecule has 2 aromatic carbocycles. The number of likely N-dealkylation sites (tertiary alicyclic amines) is 2. The van der Waals surface area contributed by atoms with E-state index in [1.165, 1.54) is 12.1 Å². The summed E-state index contributed by atoms with van der Waals surface area (Å²) in [5, 5.41) is 11.1. The van der Waals surface area contributed by atoms with Gasteiger partial charge in [0.2, 0.25) is 5.91 Å². The number of benzene rings is 2. The van der Waals surface area contributed by atoms with Crippen molar-refractivity contribution in [3.63, 3.8) is 0 Å². The molecule has 0 bridgehead atoms. The number of ether oxygens (including phenoxy) is 1. The largest absolute Gasteiger partial charge is 0.508 e. The number of fused-ring (bicyclic) bond motifs is 2. The first-order valence-corrected chi connectivity index (χ1v) is 12.5. The summed E-state index contributed by atoms with van der Waals surface area (Å²) >= 11 is 6.08. The fourth-order valence-corrected chi connectivity index (χ4v) is 5.68. The third-order valence-corrected chi connectivity index (χ3v) is 7.53. The second-order valence-electron chi connectivity index (χ2n) is 9.52. The van der Waals surface area contributed by atoms with Crippen molar-refractivity contribution < 1.29 is 24.2 Å². The number of rotatable bonds is 5. The number of hydrogen-bond acceptors (Lipinski definition) is 5. The van der Waals surface area contributed by atoms with Crippen LogP contribution < -0.4 is 0 Å². The fourth-order valence-electron chi connectivity index (χ4n) is 5.51. The minimum absolute atomic E-state index is 0.0278. The number of halogens is 1. The van der Waals surface area contributed by atoms with Crippen LogP contribution in [-0.2, 0) is 20.7 Å². The number of phenols is 1. The van der Waals surface area contributed by atoms with Gasteiger partial charge in [0, 0.05) is 53.9 Å². The number of nitrogens with one attached hydrogen (secondary N) is 1. The predicted molar refractivity (Wildman–Crippen MR) is 135 cm³/mol. The number of hydrogen-bond donors (Lipinski definition) is 2. The Morgan fingerprint density at radius 3 is 2.56 bits per heavy atom. The normalized spacial score (nSPS) is 21.4. The molecule has 0 saturated carbocycles. The molecule has 3 atom stereocenters. The number of aromatic amines is 1. The van der Waals surface area contributed by atoms with Gasteiger partial charge in [-0.05, 0) is 60.7 Å². The SMILES string of the molecule is CCOC(=O)C1CN(C(=O)Cc2c[nH]c3cc(Cl)ccc23)CC2CN(C(=O)c3ccc(O)cc3)CC21. The van der Waals surface area contributed by atoms with E-state index in [0.717, 1.165) is 16.5 Å². The lowest BCUT2D eigenvalue weighted by atomic mass is 9.79. The van der Waals surface area contributed by atoms with Crippen LogP contribution >= 0.6 is 11.6 Å². The standard InChI is InChI=1S/C27H28ClN3O5/c1-2-36-27(35)23-15-30(25(33)9-17-11-29-24-10-19(28)5-8-21(17)24)12-18-13-31(14-22(18)23)26(34)16-3-6-20(32)7-4-16/h3-8,10-11,18,22-23,29,32H,2,9,12-15H2,1H3. The van der Waals surface area contributed by atoms with Gasteiger partial charge in [0.25, 0.3) is 5.91 Å². The van der Waals surface area contributed by atoms with E-state index in [0.29, 0.717) is 30.2 Å². The number of H-pyrrole nitrogens is 1. The summed E-state index contributed by atoms with van der Waals surface area (Å²) in [6, 6.07) is 11.7. The Kier molecular flexibility index (Phi) is 6.62. The molecule has 0 aliphatic carbocycles. The van der Waals surface area contributed by atoms with Crippen LogP contribution in [0.2, 0.25) is 5.02 Å². The lowest BCUT2D eigenvalue weighted by Crippen LogP contribution is -2.51. The highest BCUT2D eigenvalue weighted by Crippen LogP contribution is 2.37. The molecule has 2 aliphatic heterocycles. The summed E-state index contributed by atoms with van der Waals surface area (Å²) in [6.45, 7) is 3.66. The quantitative estimate of drug-likeness (QED) is 0.513. The van der Waals surface area contributed by atoms with E-state index >= 15 is 0 Å². The Hall–Kier alpha value is -3.52. The number of amides is 2. The smallest absolute Gasteiger partial charge is 0.311 e. The molecule has 2 amide bonds. The molecule has 8 nitrogen and oxygen atoms in total. The first-order valence-electron chi connectivity index (χ1n) is 12.1. The van der Waals surface area contributed by atoms with Crippen molar-refractivity contribution in [3.8, 4) is 5.75 Å². The molecular weight excluding hydrogens is 482 g/mol. The maximum absolute atomic E-state index is 13.4. The summed E-state index contributed by atoms with van der Waals surface area (Å²) in [5.74, 6) is -1.05. The van der Waals surface area contributed by atoms with Crippen molar-refractivity contribution in [3.05, 3.63) is 64.8 Å². The third kappa shape index (κ3) is 4.65. The zero-order chi connectivity index (χ0) is 25.4. The number of piperidine rings is 1. The monoisotopic (exact) mass is 509 g/mol. The Morgan fingerprint density at radius 1 is 1.06 bits per heavy atom. The average Bonchev–Trinajstić information content (AvgIpc) is 3.47. The number of nitrogens with zero attached hydrogens (tertiary/aromatic N) is 2. The van der Waals surface area contributed by atoms with E-state index in [1.54, 1.807) is 34.9 Å². The zero-order valence-corrected chi connectivity index (χ0v) is 20.7. The molecule has 9 heteroatoms. The minimum Gasteiger partial charge on any atom is -0.508 e. The molecule has 1 aromatic heterocycles. The van der Waals surface area contributed by atoms with Gasteiger partial charge in [-0.3, -0.25) is 14.4 Å². The van der Waals surface area contributed by atoms with Crippen molar-refractivity contribution in [2.75, 3.05) is 32.8 Å². The van der Waals surface area contributed by atoms with Gasteiger partial charge < -0.3 is 24.6 Å². The molecule has 5 rings (SSSR count). The van der Waals surface area contributed by atoms with Crippen molar-refractivity contribution in [1.82, 2.24) is 14.8 Å². The number of aromatic nitrogens is 1. The van der Waals surface area contributed by atoms with Crippen LogP contribution in [0.3, 0.4) is 0 Å². The molecule has 3 unspecified atom stereocenters. The van der Waals surface area contributed by atoms with Gasteiger partial charge in [-0.2, -0.15) is 0 Å². The van der Waals surface area contributed by atoms with Crippen LogP contribution in [0, 0.1) is 17.8 Å². The summed E-state index contributed by atoms with van der Waals surface area (Å²) in [7, 11) is 0. The van der Waals surface area contributed by atoms with Crippen molar-refractivity contribution in [2.45, 2.75) is 13.3 Å². The van der Waals surface area contributed by atoms with E-state index in [9.17, 15) is 19.5 Å². The number of carbonyl (C=O) groups excluding carboxylic acids is 3. The minimum atomic E-state index is -0.493. The molecule has 2 N–H and O–H groups in total. The van der Waals surface area contributed by atoms with E-state index in [2.05, 4.69) is 4.98 Å². The highest BCUT2D eigenvalue weighted by Gasteiger charge is 2.48. The van der Waals surface area contributed by atoms with Gasteiger partial charge in [0.1, 0.15) is 5.75 Å². The fraction of sp³-hybridized carbons (Fsp3) is 0.370. The highest BCUT2D eigenvalue weighted by molar-refractivity contribution is 6.31. The maximum atomic E-state index is 13.4. The number of aromatic hydroxyl groups is 1.